The molecule has 2 saturated carbocycles. The van der Waals surface area contributed by atoms with Gasteiger partial charge in [-0.15, -0.1) is 11.8 Å². The summed E-state index contributed by atoms with van der Waals surface area (Å²) in [4.78, 5) is 15.8. The molecule has 0 saturated heterocycles. The summed E-state index contributed by atoms with van der Waals surface area (Å²) in [6.07, 6.45) is -0.654. The van der Waals surface area contributed by atoms with E-state index in [0.29, 0.717) is 23.0 Å². The van der Waals surface area contributed by atoms with E-state index in [1.54, 1.807) is 23.9 Å². The van der Waals surface area contributed by atoms with Crippen LogP contribution in [0.4, 0.5) is 13.2 Å². The molecule has 1 N–H and O–H groups in total. The van der Waals surface area contributed by atoms with E-state index < -0.39 is 11.7 Å². The summed E-state index contributed by atoms with van der Waals surface area (Å²) in [5.74, 6) is 1.77. The standard InChI is InChI=1S/C18H16F3NOS2/c19-18(20,21)11-5-3-8(4-6-11)12-13-9-1-2-10(7-9)14(13)24-16-15(12)25-17(23)22-16/h3-6,9-10,12-14H,1-2,7H2,(H,22,23)/t9-,10-,12+,13+,14-/m0/s1. The molecule has 1 aromatic carbocycles. The molecule has 2 aromatic rings. The molecule has 2 heterocycles. The molecule has 2 bridgehead atoms. The largest absolute Gasteiger partial charge is 0.416 e. The Hall–Kier alpha value is -1.21. The molecule has 0 spiro atoms. The van der Waals surface area contributed by atoms with Gasteiger partial charge in [-0.05, 0) is 54.7 Å². The zero-order valence-electron chi connectivity index (χ0n) is 13.2. The Kier molecular flexibility index (Phi) is 3.45. The minimum absolute atomic E-state index is 0.0442. The molecule has 0 amide bonds. The lowest BCUT2D eigenvalue weighted by molar-refractivity contribution is -0.137. The number of thiazole rings is 1. The number of alkyl halides is 3. The van der Waals surface area contributed by atoms with Crippen LogP contribution in [0.25, 0.3) is 0 Å². The number of H-pyrrole nitrogens is 1. The van der Waals surface area contributed by atoms with Crippen molar-refractivity contribution in [1.82, 2.24) is 4.98 Å². The van der Waals surface area contributed by atoms with Crippen molar-refractivity contribution in [2.24, 2.45) is 17.8 Å². The van der Waals surface area contributed by atoms with Crippen LogP contribution in [0.1, 0.15) is 41.2 Å². The third-order valence-corrected chi connectivity index (χ3v) is 8.69. The lowest BCUT2D eigenvalue weighted by Crippen LogP contribution is -2.33. The molecule has 1 aliphatic heterocycles. The number of benzene rings is 1. The summed E-state index contributed by atoms with van der Waals surface area (Å²) in [5.41, 5.74) is 0.292. The smallest absolute Gasteiger partial charge is 0.307 e. The van der Waals surface area contributed by atoms with Crippen LogP contribution < -0.4 is 4.87 Å². The van der Waals surface area contributed by atoms with Gasteiger partial charge < -0.3 is 4.98 Å². The van der Waals surface area contributed by atoms with E-state index in [2.05, 4.69) is 4.98 Å². The summed E-state index contributed by atoms with van der Waals surface area (Å²) in [6.45, 7) is 0. The van der Waals surface area contributed by atoms with E-state index in [-0.39, 0.29) is 10.8 Å². The van der Waals surface area contributed by atoms with Crippen LogP contribution in [-0.2, 0) is 6.18 Å². The van der Waals surface area contributed by atoms with Crippen LogP contribution in [-0.4, -0.2) is 10.2 Å². The molecule has 2 fully saturated rings. The van der Waals surface area contributed by atoms with Gasteiger partial charge in [0, 0.05) is 16.0 Å². The van der Waals surface area contributed by atoms with Crippen molar-refractivity contribution < 1.29 is 13.2 Å². The summed E-state index contributed by atoms with van der Waals surface area (Å²) in [5, 5.41) is 1.41. The van der Waals surface area contributed by atoms with Gasteiger partial charge in [-0.3, -0.25) is 4.79 Å². The van der Waals surface area contributed by atoms with Crippen LogP contribution in [0, 0.1) is 17.8 Å². The minimum atomic E-state index is -4.32. The Balaban J connectivity index is 1.61. The quantitative estimate of drug-likeness (QED) is 0.742. The molecule has 3 aliphatic rings. The van der Waals surface area contributed by atoms with Crippen LogP contribution >= 0.6 is 23.1 Å². The van der Waals surface area contributed by atoms with Gasteiger partial charge in [-0.25, -0.2) is 0 Å². The average molecular weight is 383 g/mol. The molecular formula is C18H16F3NOS2. The van der Waals surface area contributed by atoms with E-state index in [0.717, 1.165) is 15.5 Å². The summed E-state index contributed by atoms with van der Waals surface area (Å²) in [6, 6.07) is 5.57. The third-order valence-electron chi connectivity index (χ3n) is 6.06. The predicted molar refractivity (Wildman–Crippen MR) is 92.2 cm³/mol. The Morgan fingerprint density at radius 1 is 1.08 bits per heavy atom. The number of aromatic amines is 1. The average Bonchev–Trinajstić information content (AvgIpc) is 3.25. The van der Waals surface area contributed by atoms with E-state index >= 15 is 0 Å². The molecule has 132 valence electrons. The van der Waals surface area contributed by atoms with Crippen molar-refractivity contribution in [3.05, 3.63) is 49.9 Å². The Bertz CT molecular complexity index is 870. The normalized spacial score (nSPS) is 33.3. The molecule has 1 aromatic heterocycles. The van der Waals surface area contributed by atoms with Gasteiger partial charge in [0.05, 0.1) is 10.6 Å². The number of aromatic nitrogens is 1. The number of thioether (sulfide) groups is 1. The van der Waals surface area contributed by atoms with Gasteiger partial charge >= 0.3 is 11.0 Å². The van der Waals surface area contributed by atoms with E-state index in [1.165, 1.54) is 42.7 Å². The summed E-state index contributed by atoms with van der Waals surface area (Å²) in [7, 11) is 0. The zero-order chi connectivity index (χ0) is 17.3. The fourth-order valence-corrected chi connectivity index (χ4v) is 8.00. The van der Waals surface area contributed by atoms with Gasteiger partial charge in [-0.1, -0.05) is 23.5 Å². The number of nitrogens with one attached hydrogen (secondary N) is 1. The SMILES string of the molecule is O=c1[nH]c2c(s1)[C@H](c1ccc(C(F)(F)F)cc1)[C@H]1[C@H]3CC[C@@H](C3)[C@@H]1S2. The second-order valence-electron chi connectivity index (χ2n) is 7.30. The molecule has 25 heavy (non-hydrogen) atoms. The molecule has 2 aliphatic carbocycles. The van der Waals surface area contributed by atoms with Crippen molar-refractivity contribution in [2.75, 3.05) is 0 Å². The topological polar surface area (TPSA) is 32.9 Å². The first-order valence-corrected chi connectivity index (χ1v) is 10.2. The molecule has 0 radical (unpaired) electrons. The molecule has 0 unspecified atom stereocenters. The number of rotatable bonds is 1. The minimum Gasteiger partial charge on any atom is -0.307 e. The van der Waals surface area contributed by atoms with Crippen molar-refractivity contribution in [3.8, 4) is 0 Å². The Morgan fingerprint density at radius 3 is 2.52 bits per heavy atom. The Morgan fingerprint density at radius 2 is 1.80 bits per heavy atom. The molecule has 5 atom stereocenters. The highest BCUT2D eigenvalue weighted by molar-refractivity contribution is 8.00. The van der Waals surface area contributed by atoms with Crippen molar-refractivity contribution in [3.63, 3.8) is 0 Å². The van der Waals surface area contributed by atoms with E-state index in [4.69, 9.17) is 0 Å². The summed E-state index contributed by atoms with van der Waals surface area (Å²) < 4.78 is 38.7. The van der Waals surface area contributed by atoms with E-state index in [1.807, 2.05) is 0 Å². The maximum atomic E-state index is 12.9. The van der Waals surface area contributed by atoms with Crippen molar-refractivity contribution in [1.29, 1.82) is 0 Å². The monoisotopic (exact) mass is 383 g/mol. The molecule has 5 rings (SSSR count). The van der Waals surface area contributed by atoms with Gasteiger partial charge in [0.25, 0.3) is 0 Å². The van der Waals surface area contributed by atoms with E-state index in [9.17, 15) is 18.0 Å². The van der Waals surface area contributed by atoms with Crippen molar-refractivity contribution >= 4 is 23.1 Å². The summed E-state index contributed by atoms with van der Waals surface area (Å²) >= 11 is 3.02. The van der Waals surface area contributed by atoms with Gasteiger partial charge in [0.1, 0.15) is 0 Å². The van der Waals surface area contributed by atoms with Crippen LogP contribution in [0.3, 0.4) is 0 Å². The number of hydrogen-bond acceptors (Lipinski definition) is 3. The maximum absolute atomic E-state index is 12.9. The van der Waals surface area contributed by atoms with Gasteiger partial charge in [-0.2, -0.15) is 13.2 Å². The number of halogens is 3. The second-order valence-corrected chi connectivity index (χ2v) is 9.50. The predicted octanol–water partition coefficient (Wildman–Crippen LogP) is 5.11. The highest BCUT2D eigenvalue weighted by Crippen LogP contribution is 2.63. The fraction of sp³-hybridized carbons (Fsp3) is 0.500. The number of hydrogen-bond donors (Lipinski definition) is 1. The first-order chi connectivity index (χ1) is 11.9. The van der Waals surface area contributed by atoms with Crippen LogP contribution in [0.5, 0.6) is 0 Å². The second kappa shape index (κ2) is 5.39. The third kappa shape index (κ3) is 2.42. The number of fused-ring (bicyclic) bond motifs is 6. The zero-order valence-corrected chi connectivity index (χ0v) is 14.8. The Labute approximate surface area is 150 Å². The van der Waals surface area contributed by atoms with Gasteiger partial charge in [0.2, 0.25) is 0 Å². The molecule has 2 nitrogen and oxygen atoms in total. The highest BCUT2D eigenvalue weighted by atomic mass is 32.2. The van der Waals surface area contributed by atoms with Gasteiger partial charge in [0.15, 0.2) is 0 Å². The fourth-order valence-electron chi connectivity index (χ4n) is 5.10. The van der Waals surface area contributed by atoms with Crippen LogP contribution in [0.15, 0.2) is 34.1 Å². The highest BCUT2D eigenvalue weighted by Gasteiger charge is 2.54. The van der Waals surface area contributed by atoms with Crippen LogP contribution in [0.2, 0.25) is 0 Å². The molecule has 7 heteroatoms. The lowest BCUT2D eigenvalue weighted by atomic mass is 9.75. The van der Waals surface area contributed by atoms with Crippen molar-refractivity contribution in [2.45, 2.75) is 41.6 Å². The first kappa shape index (κ1) is 16.0. The maximum Gasteiger partial charge on any atom is 0.416 e. The first-order valence-electron chi connectivity index (χ1n) is 8.48. The molecular weight excluding hydrogens is 367 g/mol. The lowest BCUT2D eigenvalue weighted by Gasteiger charge is -2.40.